The van der Waals surface area contributed by atoms with E-state index >= 15 is 0 Å². The average Bonchev–Trinajstić information content (AvgIpc) is 3.09. The van der Waals surface area contributed by atoms with E-state index in [1.54, 1.807) is 30.5 Å². The molecule has 3 N–H and O–H groups in total. The van der Waals surface area contributed by atoms with E-state index in [1.807, 2.05) is 4.90 Å². The van der Waals surface area contributed by atoms with E-state index in [9.17, 15) is 9.59 Å². The number of nitrogens with one attached hydrogen (secondary N) is 2. The molecule has 1 aromatic carbocycles. The zero-order valence-electron chi connectivity index (χ0n) is 15.4. The van der Waals surface area contributed by atoms with Gasteiger partial charge in [0.25, 0.3) is 5.91 Å². The standard InChI is InChI=1S/C19H25N5O3/c1-14-6-8-23(9-7-14)18(26)15-2-4-16(5-3-15)21-19(27)22-17-12-20-24(13-17)10-11-25/h2-5,12-14,25H,6-11H2,1H3,(H2,21,22,27). The van der Waals surface area contributed by atoms with Crippen molar-refractivity contribution in [1.29, 1.82) is 0 Å². The first-order chi connectivity index (χ1) is 13.0. The number of benzene rings is 1. The lowest BCUT2D eigenvalue weighted by atomic mass is 9.98. The summed E-state index contributed by atoms with van der Waals surface area (Å²) in [6.45, 7) is 4.16. The molecule has 3 rings (SSSR count). The second kappa shape index (κ2) is 8.68. The van der Waals surface area contributed by atoms with Crippen LogP contribution < -0.4 is 10.6 Å². The maximum absolute atomic E-state index is 12.5. The third kappa shape index (κ3) is 5.07. The minimum atomic E-state index is -0.400. The van der Waals surface area contributed by atoms with Crippen LogP contribution in [0.3, 0.4) is 0 Å². The number of hydrogen-bond acceptors (Lipinski definition) is 4. The Kier molecular flexibility index (Phi) is 6.08. The van der Waals surface area contributed by atoms with Gasteiger partial charge in [-0.05, 0) is 43.0 Å². The van der Waals surface area contributed by atoms with Crippen LogP contribution in [-0.2, 0) is 6.54 Å². The van der Waals surface area contributed by atoms with Gasteiger partial charge in [-0.15, -0.1) is 0 Å². The van der Waals surface area contributed by atoms with Crippen LogP contribution in [0.2, 0.25) is 0 Å². The van der Waals surface area contributed by atoms with E-state index in [1.165, 1.54) is 10.9 Å². The Bertz CT molecular complexity index is 779. The first kappa shape index (κ1) is 18.9. The summed E-state index contributed by atoms with van der Waals surface area (Å²) < 4.78 is 1.54. The smallest absolute Gasteiger partial charge is 0.323 e. The highest BCUT2D eigenvalue weighted by Gasteiger charge is 2.21. The zero-order chi connectivity index (χ0) is 19.2. The second-order valence-corrected chi connectivity index (χ2v) is 6.85. The van der Waals surface area contributed by atoms with Crippen molar-refractivity contribution in [3.8, 4) is 0 Å². The molecule has 3 amide bonds. The first-order valence-electron chi connectivity index (χ1n) is 9.16. The van der Waals surface area contributed by atoms with Crippen LogP contribution >= 0.6 is 0 Å². The SMILES string of the molecule is CC1CCN(C(=O)c2ccc(NC(=O)Nc3cnn(CCO)c3)cc2)CC1. The van der Waals surface area contributed by atoms with Crippen molar-refractivity contribution >= 4 is 23.3 Å². The number of urea groups is 1. The van der Waals surface area contributed by atoms with E-state index in [-0.39, 0.29) is 12.5 Å². The fourth-order valence-corrected chi connectivity index (χ4v) is 3.04. The number of carbonyl (C=O) groups is 2. The average molecular weight is 371 g/mol. The van der Waals surface area contributed by atoms with Crippen molar-refractivity contribution in [2.75, 3.05) is 30.3 Å². The van der Waals surface area contributed by atoms with Crippen LogP contribution in [-0.4, -0.2) is 51.4 Å². The van der Waals surface area contributed by atoms with Crippen LogP contribution in [0.5, 0.6) is 0 Å². The number of aliphatic hydroxyl groups is 1. The molecular weight excluding hydrogens is 346 g/mol. The van der Waals surface area contributed by atoms with E-state index in [0.29, 0.717) is 29.4 Å². The maximum Gasteiger partial charge on any atom is 0.323 e. The van der Waals surface area contributed by atoms with Crippen molar-refractivity contribution in [1.82, 2.24) is 14.7 Å². The van der Waals surface area contributed by atoms with Crippen LogP contribution in [0.15, 0.2) is 36.7 Å². The maximum atomic E-state index is 12.5. The number of nitrogens with zero attached hydrogens (tertiary/aromatic N) is 3. The third-order valence-electron chi connectivity index (χ3n) is 4.68. The summed E-state index contributed by atoms with van der Waals surface area (Å²) in [6.07, 6.45) is 5.23. The van der Waals surface area contributed by atoms with Crippen molar-refractivity contribution in [2.24, 2.45) is 5.92 Å². The number of rotatable bonds is 5. The van der Waals surface area contributed by atoms with Gasteiger partial charge in [0.2, 0.25) is 0 Å². The molecule has 2 heterocycles. The number of amides is 3. The quantitative estimate of drug-likeness (QED) is 0.751. The van der Waals surface area contributed by atoms with Crippen molar-refractivity contribution < 1.29 is 14.7 Å². The Balaban J connectivity index is 1.53. The fraction of sp³-hybridized carbons (Fsp3) is 0.421. The first-order valence-corrected chi connectivity index (χ1v) is 9.16. The molecule has 0 bridgehead atoms. The summed E-state index contributed by atoms with van der Waals surface area (Å²) in [4.78, 5) is 26.5. The molecule has 0 spiro atoms. The lowest BCUT2D eigenvalue weighted by Crippen LogP contribution is -2.37. The van der Waals surface area contributed by atoms with Gasteiger partial charge >= 0.3 is 6.03 Å². The highest BCUT2D eigenvalue weighted by molar-refractivity contribution is 6.00. The van der Waals surface area contributed by atoms with Gasteiger partial charge in [0.05, 0.1) is 25.0 Å². The summed E-state index contributed by atoms with van der Waals surface area (Å²) in [5, 5.41) is 18.3. The number of piperidine rings is 1. The van der Waals surface area contributed by atoms with Crippen molar-refractivity contribution in [2.45, 2.75) is 26.3 Å². The monoisotopic (exact) mass is 371 g/mol. The van der Waals surface area contributed by atoms with Crippen LogP contribution in [0.25, 0.3) is 0 Å². The summed E-state index contributed by atoms with van der Waals surface area (Å²) in [5.41, 5.74) is 1.76. The van der Waals surface area contributed by atoms with Crippen LogP contribution in [0.1, 0.15) is 30.1 Å². The Labute approximate surface area is 158 Å². The Morgan fingerprint density at radius 2 is 1.81 bits per heavy atom. The topological polar surface area (TPSA) is 99.5 Å². The summed E-state index contributed by atoms with van der Waals surface area (Å²) in [6, 6.07) is 6.50. The molecule has 1 fully saturated rings. The normalized spacial score (nSPS) is 14.8. The Morgan fingerprint density at radius 1 is 1.15 bits per heavy atom. The largest absolute Gasteiger partial charge is 0.394 e. The molecule has 8 nitrogen and oxygen atoms in total. The molecule has 0 atom stereocenters. The van der Waals surface area contributed by atoms with E-state index in [4.69, 9.17) is 5.11 Å². The van der Waals surface area contributed by atoms with E-state index < -0.39 is 6.03 Å². The lowest BCUT2D eigenvalue weighted by molar-refractivity contribution is 0.0697. The molecular formula is C19H25N5O3. The van der Waals surface area contributed by atoms with E-state index in [0.717, 1.165) is 25.9 Å². The van der Waals surface area contributed by atoms with Gasteiger partial charge in [0.1, 0.15) is 0 Å². The van der Waals surface area contributed by atoms with E-state index in [2.05, 4.69) is 22.7 Å². The van der Waals surface area contributed by atoms with Gasteiger partial charge in [0, 0.05) is 30.5 Å². The minimum absolute atomic E-state index is 0.0190. The molecule has 2 aromatic rings. The number of hydrogen-bond donors (Lipinski definition) is 3. The minimum Gasteiger partial charge on any atom is -0.394 e. The number of anilines is 2. The predicted molar refractivity (Wildman–Crippen MR) is 103 cm³/mol. The predicted octanol–water partition coefficient (Wildman–Crippen LogP) is 2.39. The van der Waals surface area contributed by atoms with Crippen molar-refractivity contribution in [3.63, 3.8) is 0 Å². The third-order valence-corrected chi connectivity index (χ3v) is 4.68. The second-order valence-electron chi connectivity index (χ2n) is 6.85. The Morgan fingerprint density at radius 3 is 2.48 bits per heavy atom. The van der Waals surface area contributed by atoms with Gasteiger partial charge in [-0.2, -0.15) is 5.10 Å². The molecule has 27 heavy (non-hydrogen) atoms. The zero-order valence-corrected chi connectivity index (χ0v) is 15.4. The van der Waals surface area contributed by atoms with Gasteiger partial charge in [-0.1, -0.05) is 6.92 Å². The van der Waals surface area contributed by atoms with Gasteiger partial charge in [-0.25, -0.2) is 4.79 Å². The number of aromatic nitrogens is 2. The molecule has 1 aromatic heterocycles. The molecule has 0 radical (unpaired) electrons. The van der Waals surface area contributed by atoms with Gasteiger partial charge < -0.3 is 20.6 Å². The van der Waals surface area contributed by atoms with Crippen molar-refractivity contribution in [3.05, 3.63) is 42.2 Å². The Hall–Kier alpha value is -2.87. The molecule has 8 heteroatoms. The highest BCUT2D eigenvalue weighted by Crippen LogP contribution is 2.19. The lowest BCUT2D eigenvalue weighted by Gasteiger charge is -2.30. The number of aliphatic hydroxyl groups excluding tert-OH is 1. The summed E-state index contributed by atoms with van der Waals surface area (Å²) in [7, 11) is 0. The van der Waals surface area contributed by atoms with Gasteiger partial charge in [-0.3, -0.25) is 9.48 Å². The molecule has 1 aliphatic rings. The molecule has 1 saturated heterocycles. The highest BCUT2D eigenvalue weighted by atomic mass is 16.3. The van der Waals surface area contributed by atoms with Gasteiger partial charge in [0.15, 0.2) is 0 Å². The number of likely N-dealkylation sites (tertiary alicyclic amines) is 1. The van der Waals surface area contributed by atoms with Crippen LogP contribution in [0.4, 0.5) is 16.2 Å². The summed E-state index contributed by atoms with van der Waals surface area (Å²) >= 11 is 0. The number of carbonyl (C=O) groups excluding carboxylic acids is 2. The molecule has 0 aliphatic carbocycles. The molecule has 144 valence electrons. The van der Waals surface area contributed by atoms with Crippen LogP contribution in [0, 0.1) is 5.92 Å². The fourth-order valence-electron chi connectivity index (χ4n) is 3.04. The molecule has 0 unspecified atom stereocenters. The molecule has 1 aliphatic heterocycles. The molecule has 0 saturated carbocycles. The summed E-state index contributed by atoms with van der Waals surface area (Å²) in [5.74, 6) is 0.712.